The normalized spacial score (nSPS) is 26.4. The predicted molar refractivity (Wildman–Crippen MR) is 98.9 cm³/mol. The van der Waals surface area contributed by atoms with Crippen LogP contribution in [0.25, 0.3) is 0 Å². The first-order valence-electron chi connectivity index (χ1n) is 9.32. The third-order valence-electron chi connectivity index (χ3n) is 5.43. The summed E-state index contributed by atoms with van der Waals surface area (Å²) >= 11 is 0. The van der Waals surface area contributed by atoms with Gasteiger partial charge in [0.25, 0.3) is 11.8 Å². The van der Waals surface area contributed by atoms with Crippen LogP contribution in [0.3, 0.4) is 0 Å². The lowest BCUT2D eigenvalue weighted by atomic mass is 10.0. The number of hydrogen-bond acceptors (Lipinski definition) is 8. The molecule has 0 bridgehead atoms. The van der Waals surface area contributed by atoms with E-state index in [1.54, 1.807) is 18.2 Å². The van der Waals surface area contributed by atoms with Gasteiger partial charge in [-0.1, -0.05) is 0 Å². The van der Waals surface area contributed by atoms with Crippen molar-refractivity contribution in [2.24, 2.45) is 0 Å². The van der Waals surface area contributed by atoms with Crippen molar-refractivity contribution < 1.29 is 28.7 Å². The minimum atomic E-state index is -0.989. The van der Waals surface area contributed by atoms with Gasteiger partial charge < -0.3 is 15.4 Å². The van der Waals surface area contributed by atoms with Crippen LogP contribution in [-0.2, 0) is 19.1 Å². The van der Waals surface area contributed by atoms with Gasteiger partial charge in [0.15, 0.2) is 0 Å². The van der Waals surface area contributed by atoms with Crippen molar-refractivity contribution in [2.45, 2.75) is 37.4 Å². The number of methoxy groups -OCH3 is 1. The first-order chi connectivity index (χ1) is 13.9. The van der Waals surface area contributed by atoms with Gasteiger partial charge in [-0.25, -0.2) is 0 Å². The highest BCUT2D eigenvalue weighted by molar-refractivity contribution is 6.23. The van der Waals surface area contributed by atoms with Crippen molar-refractivity contribution in [3.63, 3.8) is 0 Å². The van der Waals surface area contributed by atoms with Gasteiger partial charge in [0, 0.05) is 24.7 Å². The molecule has 10 nitrogen and oxygen atoms in total. The van der Waals surface area contributed by atoms with Gasteiger partial charge in [-0.05, 0) is 31.0 Å². The minimum absolute atomic E-state index is 0.0457. The minimum Gasteiger partial charge on any atom is -0.468 e. The molecule has 4 amide bonds. The lowest BCUT2D eigenvalue weighted by Crippen LogP contribution is -2.54. The summed E-state index contributed by atoms with van der Waals surface area (Å²) in [7, 11) is 1.34. The number of nitrogens with one attached hydrogen (secondary N) is 3. The van der Waals surface area contributed by atoms with Crippen LogP contribution in [0.2, 0.25) is 0 Å². The second-order valence-corrected chi connectivity index (χ2v) is 7.27. The molecular weight excluding hydrogens is 380 g/mol. The van der Waals surface area contributed by atoms with Crippen LogP contribution in [0.5, 0.6) is 0 Å². The molecule has 1 unspecified atom stereocenters. The molecule has 3 heterocycles. The Morgan fingerprint density at radius 2 is 1.93 bits per heavy atom. The van der Waals surface area contributed by atoms with Gasteiger partial charge in [-0.15, -0.1) is 0 Å². The summed E-state index contributed by atoms with van der Waals surface area (Å²) in [6.07, 6.45) is 0.718. The lowest BCUT2D eigenvalue weighted by molar-refractivity contribution is -0.142. The summed E-state index contributed by atoms with van der Waals surface area (Å²) in [6.45, 7) is 0.548. The predicted octanol–water partition coefficient (Wildman–Crippen LogP) is -0.597. The summed E-state index contributed by atoms with van der Waals surface area (Å²) in [5, 5.41) is 8.48. The van der Waals surface area contributed by atoms with Gasteiger partial charge in [0.05, 0.1) is 18.2 Å². The molecule has 3 aliphatic heterocycles. The third kappa shape index (κ3) is 3.35. The fraction of sp³-hybridized carbons (Fsp3) is 0.421. The Morgan fingerprint density at radius 3 is 2.66 bits per heavy atom. The Hall–Kier alpha value is -3.27. The summed E-state index contributed by atoms with van der Waals surface area (Å²) < 4.78 is 4.73. The van der Waals surface area contributed by atoms with Crippen LogP contribution < -0.4 is 16.0 Å². The Morgan fingerprint density at radius 1 is 1.17 bits per heavy atom. The standard InChI is InChI=1S/C19H20N4O6/c1-29-19(28)13-7-10(8-20-13)21-9-2-3-11-12(6-9)18(27)23(17(11)26)14-4-5-15(24)22-16(14)25/h2-3,6,10,13-14,20-21H,4-5,7-8H2,1H3,(H,22,24,25)/t10-,13-,14?/m0/s1. The number of anilines is 1. The molecule has 0 aromatic heterocycles. The van der Waals surface area contributed by atoms with Gasteiger partial charge in [-0.2, -0.15) is 0 Å². The topological polar surface area (TPSA) is 134 Å². The lowest BCUT2D eigenvalue weighted by Gasteiger charge is -2.27. The van der Waals surface area contributed by atoms with Crippen molar-refractivity contribution in [3.8, 4) is 0 Å². The number of nitrogens with zero attached hydrogens (tertiary/aromatic N) is 1. The molecule has 3 atom stereocenters. The van der Waals surface area contributed by atoms with Crippen molar-refractivity contribution in [3.05, 3.63) is 29.3 Å². The van der Waals surface area contributed by atoms with Gasteiger partial charge in [0.1, 0.15) is 12.1 Å². The number of ether oxygens (including phenoxy) is 1. The summed E-state index contributed by atoms with van der Waals surface area (Å²) in [5.74, 6) is -2.48. The van der Waals surface area contributed by atoms with E-state index in [9.17, 15) is 24.0 Å². The Balaban J connectivity index is 1.50. The maximum absolute atomic E-state index is 12.8. The van der Waals surface area contributed by atoms with E-state index in [-0.39, 0.29) is 36.0 Å². The molecule has 0 spiro atoms. The highest BCUT2D eigenvalue weighted by atomic mass is 16.5. The zero-order chi connectivity index (χ0) is 20.7. The molecular formula is C19H20N4O6. The van der Waals surface area contributed by atoms with Crippen molar-refractivity contribution in [1.82, 2.24) is 15.5 Å². The Kier molecular flexibility index (Phi) is 4.79. The number of fused-ring (bicyclic) bond motifs is 1. The van der Waals surface area contributed by atoms with Crippen molar-refractivity contribution in [1.29, 1.82) is 0 Å². The Bertz CT molecular complexity index is 929. The van der Waals surface area contributed by atoms with E-state index >= 15 is 0 Å². The Labute approximate surface area is 165 Å². The van der Waals surface area contributed by atoms with Gasteiger partial charge in [-0.3, -0.25) is 34.2 Å². The zero-order valence-electron chi connectivity index (χ0n) is 15.7. The molecule has 3 N–H and O–H groups in total. The molecule has 0 aliphatic carbocycles. The number of imide groups is 2. The first kappa shape index (κ1) is 19.1. The molecule has 1 aromatic rings. The molecule has 3 aliphatic rings. The zero-order valence-corrected chi connectivity index (χ0v) is 15.7. The molecule has 0 saturated carbocycles. The van der Waals surface area contributed by atoms with Crippen LogP contribution in [-0.4, -0.2) is 66.3 Å². The molecule has 2 saturated heterocycles. The molecule has 29 heavy (non-hydrogen) atoms. The maximum Gasteiger partial charge on any atom is 0.322 e. The summed E-state index contributed by atoms with van der Waals surface area (Å²) in [5.41, 5.74) is 1.06. The number of hydrogen-bond donors (Lipinski definition) is 3. The van der Waals surface area contributed by atoms with Crippen LogP contribution >= 0.6 is 0 Å². The van der Waals surface area contributed by atoms with Crippen molar-refractivity contribution in [2.75, 3.05) is 19.0 Å². The number of amides is 4. The summed E-state index contributed by atoms with van der Waals surface area (Å²) in [6, 6.07) is 3.38. The first-order valence-corrected chi connectivity index (χ1v) is 9.32. The van der Waals surface area contributed by atoms with Crippen molar-refractivity contribution >= 4 is 35.3 Å². The number of carbonyl (C=O) groups excluding carboxylic acids is 5. The summed E-state index contributed by atoms with van der Waals surface area (Å²) in [4.78, 5) is 61.5. The van der Waals surface area contributed by atoms with E-state index in [4.69, 9.17) is 4.74 Å². The van der Waals surface area contributed by atoms with Crippen LogP contribution in [0, 0.1) is 0 Å². The fourth-order valence-electron chi connectivity index (χ4n) is 3.96. The monoisotopic (exact) mass is 400 g/mol. The number of rotatable bonds is 4. The number of piperidine rings is 1. The average molecular weight is 400 g/mol. The fourth-order valence-corrected chi connectivity index (χ4v) is 3.96. The number of esters is 1. The van der Waals surface area contributed by atoms with Gasteiger partial charge >= 0.3 is 5.97 Å². The van der Waals surface area contributed by atoms with E-state index in [1.165, 1.54) is 7.11 Å². The molecule has 0 radical (unpaired) electrons. The third-order valence-corrected chi connectivity index (χ3v) is 5.43. The molecule has 10 heteroatoms. The van der Waals surface area contributed by atoms with E-state index in [0.29, 0.717) is 18.7 Å². The highest BCUT2D eigenvalue weighted by Gasteiger charge is 2.44. The van der Waals surface area contributed by atoms with Crippen LogP contribution in [0.15, 0.2) is 18.2 Å². The molecule has 4 rings (SSSR count). The second-order valence-electron chi connectivity index (χ2n) is 7.27. The molecule has 152 valence electrons. The van der Waals surface area contributed by atoms with Crippen LogP contribution in [0.1, 0.15) is 40.0 Å². The van der Waals surface area contributed by atoms with E-state index in [2.05, 4.69) is 16.0 Å². The second kappa shape index (κ2) is 7.28. The smallest absolute Gasteiger partial charge is 0.322 e. The SMILES string of the molecule is COC(=O)[C@@H]1C[C@H](Nc2ccc3c(c2)C(=O)N(C2CCC(=O)NC2=O)C3=O)CN1. The average Bonchev–Trinajstić information content (AvgIpc) is 3.25. The largest absolute Gasteiger partial charge is 0.468 e. The highest BCUT2D eigenvalue weighted by Crippen LogP contribution is 2.30. The van der Waals surface area contributed by atoms with E-state index in [1.807, 2.05) is 0 Å². The van der Waals surface area contributed by atoms with E-state index in [0.717, 1.165) is 4.90 Å². The molecule has 1 aromatic carbocycles. The quantitative estimate of drug-likeness (QED) is 0.451. The molecule has 2 fully saturated rings. The van der Waals surface area contributed by atoms with E-state index < -0.39 is 35.7 Å². The maximum atomic E-state index is 12.8. The number of benzene rings is 1. The van der Waals surface area contributed by atoms with Gasteiger partial charge in [0.2, 0.25) is 11.8 Å². The number of carbonyl (C=O) groups is 5. The van der Waals surface area contributed by atoms with Crippen LogP contribution in [0.4, 0.5) is 5.69 Å².